The van der Waals surface area contributed by atoms with Gasteiger partial charge >= 0.3 is 0 Å². The number of nitrogens with one attached hydrogen (secondary N) is 2. The molecule has 2 unspecified atom stereocenters. The van der Waals surface area contributed by atoms with Gasteiger partial charge in [0.2, 0.25) is 11.8 Å². The van der Waals surface area contributed by atoms with Gasteiger partial charge in [-0.25, -0.2) is 0 Å². The molecule has 138 valence electrons. The van der Waals surface area contributed by atoms with Crippen molar-refractivity contribution in [1.82, 2.24) is 10.6 Å². The molecule has 0 aliphatic rings. The van der Waals surface area contributed by atoms with Gasteiger partial charge in [-0.05, 0) is 30.9 Å². The first kappa shape index (κ1) is 19.7. The molecule has 2 aromatic rings. The van der Waals surface area contributed by atoms with Crippen LogP contribution in [-0.4, -0.2) is 11.8 Å². The van der Waals surface area contributed by atoms with Crippen molar-refractivity contribution in [3.8, 4) is 0 Å². The maximum absolute atomic E-state index is 12.8. The van der Waals surface area contributed by atoms with Crippen molar-refractivity contribution in [2.24, 2.45) is 11.8 Å². The summed E-state index contributed by atoms with van der Waals surface area (Å²) in [6, 6.07) is 19.2. The molecule has 2 N–H and O–H groups in total. The lowest BCUT2D eigenvalue weighted by molar-refractivity contribution is -0.137. The van der Waals surface area contributed by atoms with Gasteiger partial charge in [0.15, 0.2) is 0 Å². The van der Waals surface area contributed by atoms with Crippen molar-refractivity contribution in [2.75, 3.05) is 0 Å². The third kappa shape index (κ3) is 5.19. The van der Waals surface area contributed by atoms with Crippen molar-refractivity contribution in [3.05, 3.63) is 71.8 Å². The van der Waals surface area contributed by atoms with Crippen LogP contribution in [0.15, 0.2) is 60.7 Å². The Balaban J connectivity index is 2.04. The van der Waals surface area contributed by atoms with E-state index in [1.807, 2.05) is 88.4 Å². The number of hydrogen-bond donors (Lipinski definition) is 2. The predicted octanol–water partition coefficient (Wildman–Crippen LogP) is 4.01. The van der Waals surface area contributed by atoms with E-state index in [2.05, 4.69) is 10.6 Å². The molecule has 2 amide bonds. The normalized spacial score (nSPS) is 14.3. The maximum atomic E-state index is 12.8. The van der Waals surface area contributed by atoms with Crippen LogP contribution in [-0.2, 0) is 9.59 Å². The second-order valence-corrected chi connectivity index (χ2v) is 7.00. The van der Waals surface area contributed by atoms with Gasteiger partial charge in [0.1, 0.15) is 5.92 Å². The average Bonchev–Trinajstić information content (AvgIpc) is 2.62. The largest absolute Gasteiger partial charge is 0.349 e. The lowest BCUT2D eigenvalue weighted by atomic mass is 9.92. The van der Waals surface area contributed by atoms with Crippen molar-refractivity contribution < 1.29 is 9.59 Å². The Labute approximate surface area is 156 Å². The zero-order valence-electron chi connectivity index (χ0n) is 15.9. The molecule has 2 atom stereocenters. The zero-order chi connectivity index (χ0) is 19.1. The molecule has 0 fully saturated rings. The molecule has 26 heavy (non-hydrogen) atoms. The Morgan fingerprint density at radius 3 is 1.31 bits per heavy atom. The molecule has 0 radical (unpaired) electrons. The molecule has 0 aliphatic heterocycles. The fraction of sp³-hybridized carbons (Fsp3) is 0.364. The van der Waals surface area contributed by atoms with Crippen LogP contribution in [0.1, 0.15) is 50.9 Å². The summed E-state index contributed by atoms with van der Waals surface area (Å²) in [7, 11) is 0. The summed E-state index contributed by atoms with van der Waals surface area (Å²) in [5, 5.41) is 5.94. The quantitative estimate of drug-likeness (QED) is 0.740. The number of benzene rings is 2. The molecule has 0 saturated heterocycles. The molecular weight excluding hydrogens is 324 g/mol. The minimum absolute atomic E-state index is 0.0963. The van der Waals surface area contributed by atoms with E-state index in [4.69, 9.17) is 0 Å². The number of hydrogen-bond acceptors (Lipinski definition) is 2. The average molecular weight is 352 g/mol. The van der Waals surface area contributed by atoms with Gasteiger partial charge in [0.25, 0.3) is 0 Å². The summed E-state index contributed by atoms with van der Waals surface area (Å²) in [6.45, 7) is 7.64. The van der Waals surface area contributed by atoms with Gasteiger partial charge in [0, 0.05) is 0 Å². The number of carbonyl (C=O) groups excluding carboxylic acids is 2. The van der Waals surface area contributed by atoms with Gasteiger partial charge in [0.05, 0.1) is 12.1 Å². The number of carbonyl (C=O) groups is 2. The molecule has 0 heterocycles. The minimum atomic E-state index is -0.729. The highest BCUT2D eigenvalue weighted by molar-refractivity contribution is 6.00. The summed E-state index contributed by atoms with van der Waals surface area (Å²) in [6.07, 6.45) is 0. The van der Waals surface area contributed by atoms with E-state index in [9.17, 15) is 9.59 Å². The lowest BCUT2D eigenvalue weighted by Crippen LogP contribution is -2.45. The minimum Gasteiger partial charge on any atom is -0.349 e. The van der Waals surface area contributed by atoms with Crippen molar-refractivity contribution in [3.63, 3.8) is 0 Å². The summed E-state index contributed by atoms with van der Waals surface area (Å²) in [5.41, 5.74) is 2.03. The van der Waals surface area contributed by atoms with Crippen molar-refractivity contribution >= 4 is 11.8 Å². The van der Waals surface area contributed by atoms with E-state index in [1.165, 1.54) is 0 Å². The van der Waals surface area contributed by atoms with Crippen molar-refractivity contribution in [2.45, 2.75) is 39.8 Å². The van der Waals surface area contributed by atoms with Crippen LogP contribution in [0.5, 0.6) is 0 Å². The van der Waals surface area contributed by atoms with E-state index < -0.39 is 5.92 Å². The Morgan fingerprint density at radius 2 is 1.00 bits per heavy atom. The second kappa shape index (κ2) is 9.18. The van der Waals surface area contributed by atoms with E-state index in [0.29, 0.717) is 0 Å². The molecular formula is C22H28N2O2. The van der Waals surface area contributed by atoms with E-state index in [0.717, 1.165) is 11.1 Å². The van der Waals surface area contributed by atoms with Crippen LogP contribution < -0.4 is 10.6 Å². The molecule has 0 aliphatic carbocycles. The van der Waals surface area contributed by atoms with Gasteiger partial charge in [-0.1, -0.05) is 74.5 Å². The highest BCUT2D eigenvalue weighted by Gasteiger charge is 2.31. The summed E-state index contributed by atoms with van der Waals surface area (Å²) in [5.74, 6) is -1.31. The van der Waals surface area contributed by atoms with E-state index in [1.54, 1.807) is 0 Å². The molecule has 2 aromatic carbocycles. The molecule has 0 saturated carbocycles. The van der Waals surface area contributed by atoms with Gasteiger partial charge in [-0.3, -0.25) is 9.59 Å². The van der Waals surface area contributed by atoms with Gasteiger partial charge in [-0.2, -0.15) is 0 Å². The highest BCUT2D eigenvalue weighted by atomic mass is 16.2. The zero-order valence-corrected chi connectivity index (χ0v) is 15.9. The summed E-state index contributed by atoms with van der Waals surface area (Å²) >= 11 is 0. The summed E-state index contributed by atoms with van der Waals surface area (Å²) < 4.78 is 0. The SMILES string of the molecule is CC(NC(=O)C(C(=O)NC(C)c1ccccc1)C(C)C)c1ccccc1. The lowest BCUT2D eigenvalue weighted by Gasteiger charge is -2.24. The Hall–Kier alpha value is -2.62. The van der Waals surface area contributed by atoms with Crippen LogP contribution in [0.3, 0.4) is 0 Å². The smallest absolute Gasteiger partial charge is 0.233 e. The Morgan fingerprint density at radius 1 is 0.654 bits per heavy atom. The van der Waals surface area contributed by atoms with Crippen LogP contribution >= 0.6 is 0 Å². The van der Waals surface area contributed by atoms with E-state index in [-0.39, 0.29) is 29.8 Å². The van der Waals surface area contributed by atoms with E-state index >= 15 is 0 Å². The predicted molar refractivity (Wildman–Crippen MR) is 104 cm³/mol. The molecule has 0 aromatic heterocycles. The van der Waals surface area contributed by atoms with Crippen LogP contribution in [0, 0.1) is 11.8 Å². The molecule has 2 rings (SSSR count). The third-order valence-electron chi connectivity index (χ3n) is 4.55. The maximum Gasteiger partial charge on any atom is 0.233 e. The van der Waals surface area contributed by atoms with Crippen LogP contribution in [0.25, 0.3) is 0 Å². The molecule has 4 nitrogen and oxygen atoms in total. The monoisotopic (exact) mass is 352 g/mol. The molecule has 4 heteroatoms. The Kier molecular flexibility index (Phi) is 6.96. The van der Waals surface area contributed by atoms with Crippen LogP contribution in [0.4, 0.5) is 0 Å². The second-order valence-electron chi connectivity index (χ2n) is 7.00. The molecule has 0 spiro atoms. The third-order valence-corrected chi connectivity index (χ3v) is 4.55. The van der Waals surface area contributed by atoms with Crippen molar-refractivity contribution in [1.29, 1.82) is 0 Å². The van der Waals surface area contributed by atoms with Gasteiger partial charge in [-0.15, -0.1) is 0 Å². The standard InChI is InChI=1S/C22H28N2O2/c1-15(2)20(21(25)23-16(3)18-11-7-5-8-12-18)22(26)24-17(4)19-13-9-6-10-14-19/h5-17,20H,1-4H3,(H,23,25)(H,24,26). The Bertz CT molecular complexity index is 654. The number of rotatable bonds is 7. The first-order valence-electron chi connectivity index (χ1n) is 9.10. The number of amides is 2. The molecule has 0 bridgehead atoms. The summed E-state index contributed by atoms with van der Waals surface area (Å²) in [4.78, 5) is 25.5. The fourth-order valence-corrected chi connectivity index (χ4v) is 2.98. The topological polar surface area (TPSA) is 58.2 Å². The van der Waals surface area contributed by atoms with Crippen LogP contribution in [0.2, 0.25) is 0 Å². The first-order chi connectivity index (χ1) is 12.4. The first-order valence-corrected chi connectivity index (χ1v) is 9.10. The van der Waals surface area contributed by atoms with Gasteiger partial charge < -0.3 is 10.6 Å². The highest BCUT2D eigenvalue weighted by Crippen LogP contribution is 2.18. The fourth-order valence-electron chi connectivity index (χ4n) is 2.98.